The average molecular weight is 694 g/mol. The van der Waals surface area contributed by atoms with Crippen LogP contribution in [-0.4, -0.2) is 55.6 Å². The molecule has 0 saturated carbocycles. The third-order valence-corrected chi connectivity index (χ3v) is 6.54. The van der Waals surface area contributed by atoms with Gasteiger partial charge >= 0.3 is 80.0 Å². The number of halogens is 2. The number of hydrogen-bond acceptors (Lipinski definition) is 4. The SMILES string of the molecule is Br.Br.Sc1ccccc1.[KH].[O]=[Mn](=[O])(=[O])[OH].c1ccc(P(c2ccccc2)c2ccccc2)cc1. The van der Waals surface area contributed by atoms with Crippen molar-refractivity contribution < 1.29 is 28.7 Å². The quantitative estimate of drug-likeness (QED) is 0.180. The minimum absolute atomic E-state index is 0. The molecule has 1 N–H and O–H groups in total. The molecule has 0 aliphatic rings. The summed E-state index contributed by atoms with van der Waals surface area (Å²) in [7, 11) is -0.446. The van der Waals surface area contributed by atoms with Gasteiger partial charge in [0.2, 0.25) is 0 Å². The van der Waals surface area contributed by atoms with Crippen LogP contribution in [0.25, 0.3) is 0 Å². The zero-order valence-electron chi connectivity index (χ0n) is 17.3. The van der Waals surface area contributed by atoms with Gasteiger partial charge < -0.3 is 0 Å². The molecule has 0 unspecified atom stereocenters. The minimum atomic E-state index is -5.38. The van der Waals surface area contributed by atoms with Crippen LogP contribution < -0.4 is 15.9 Å². The Morgan fingerprint density at radius 1 is 0.529 bits per heavy atom. The van der Waals surface area contributed by atoms with E-state index in [-0.39, 0.29) is 85.3 Å². The smallest absolute Gasteiger partial charge is 0.0134 e. The largest absolute Gasteiger partial charge is 0.0622 e. The van der Waals surface area contributed by atoms with Crippen LogP contribution >= 0.6 is 54.5 Å². The summed E-state index contributed by atoms with van der Waals surface area (Å²) in [5.41, 5.74) is 0. The maximum absolute atomic E-state index is 8.69. The van der Waals surface area contributed by atoms with Gasteiger partial charge in [-0.1, -0.05) is 109 Å². The summed E-state index contributed by atoms with van der Waals surface area (Å²) < 4.78 is 33.1. The molecule has 10 heteroatoms. The Hall–Kier alpha value is 0.136. The monoisotopic (exact) mass is 692 g/mol. The van der Waals surface area contributed by atoms with Gasteiger partial charge in [0.25, 0.3) is 0 Å². The van der Waals surface area contributed by atoms with Gasteiger partial charge in [0.1, 0.15) is 0 Å². The summed E-state index contributed by atoms with van der Waals surface area (Å²) in [4.78, 5) is 1.02. The summed E-state index contributed by atoms with van der Waals surface area (Å²) in [5, 5.41) is 4.19. The normalized spacial score (nSPS) is 9.38. The van der Waals surface area contributed by atoms with Gasteiger partial charge in [-0.3, -0.25) is 0 Å². The second kappa shape index (κ2) is 20.2. The molecule has 0 aromatic heterocycles. The number of rotatable bonds is 3. The number of hydrogen-bond donors (Lipinski definition) is 2. The zero-order valence-corrected chi connectivity index (χ0v) is 23.7. The van der Waals surface area contributed by atoms with Crippen LogP contribution in [-0.2, 0) is 24.5 Å². The second-order valence-electron chi connectivity index (χ2n) is 6.07. The van der Waals surface area contributed by atoms with Gasteiger partial charge in [-0.15, -0.1) is 46.6 Å². The van der Waals surface area contributed by atoms with Crippen LogP contribution in [0, 0.1) is 0 Å². The molecule has 34 heavy (non-hydrogen) atoms. The van der Waals surface area contributed by atoms with Crippen molar-refractivity contribution in [3.63, 3.8) is 0 Å². The Balaban J connectivity index is 0. The Bertz CT molecular complexity index is 1090. The first-order valence-corrected chi connectivity index (χ1v) is 12.9. The third kappa shape index (κ3) is 16.0. The van der Waals surface area contributed by atoms with E-state index in [1.807, 2.05) is 30.3 Å². The van der Waals surface area contributed by atoms with E-state index in [0.717, 1.165) is 4.90 Å². The molecule has 0 fully saturated rings. The van der Waals surface area contributed by atoms with Crippen LogP contribution in [0.5, 0.6) is 0 Å². The van der Waals surface area contributed by atoms with Crippen molar-refractivity contribution in [2.75, 3.05) is 0 Å². The van der Waals surface area contributed by atoms with E-state index in [9.17, 15) is 0 Å². The van der Waals surface area contributed by atoms with Gasteiger partial charge in [0.15, 0.2) is 0 Å². The van der Waals surface area contributed by atoms with E-state index in [1.165, 1.54) is 15.9 Å². The van der Waals surface area contributed by atoms with Crippen molar-refractivity contribution in [2.45, 2.75) is 4.90 Å². The molecule has 0 heterocycles. The predicted molar refractivity (Wildman–Crippen MR) is 151 cm³/mol. The van der Waals surface area contributed by atoms with Crippen molar-refractivity contribution >= 4 is 122 Å². The molecule has 4 rings (SSSR count). The van der Waals surface area contributed by atoms with Crippen LogP contribution in [0.4, 0.5) is 0 Å². The molecule has 0 atom stereocenters. The zero-order chi connectivity index (χ0) is 22.5. The molecule has 0 saturated heterocycles. The second-order valence-corrected chi connectivity index (χ2v) is 10.0. The Kier molecular flexibility index (Phi) is 21.6. The first-order valence-electron chi connectivity index (χ1n) is 9.17. The molecule has 0 spiro atoms. The molecule has 4 aromatic rings. The summed E-state index contributed by atoms with van der Waals surface area (Å²) in [6, 6.07) is 42.1. The molecular weight excluding hydrogens is 669 g/mol. The Morgan fingerprint density at radius 2 is 0.735 bits per heavy atom. The van der Waals surface area contributed by atoms with Gasteiger partial charge in [-0.25, -0.2) is 0 Å². The van der Waals surface area contributed by atoms with Crippen molar-refractivity contribution in [3.05, 3.63) is 121 Å². The van der Waals surface area contributed by atoms with Gasteiger partial charge in [0, 0.05) is 4.90 Å². The van der Waals surface area contributed by atoms with E-state index in [1.54, 1.807) is 0 Å². The summed E-state index contributed by atoms with van der Waals surface area (Å²) in [6.07, 6.45) is 0. The fourth-order valence-corrected chi connectivity index (χ4v) is 5.08. The maximum atomic E-state index is 8.69. The predicted octanol–water partition coefficient (Wildman–Crippen LogP) is 5.01. The summed E-state index contributed by atoms with van der Waals surface area (Å²) in [5.74, 6) is 0. The van der Waals surface area contributed by atoms with Crippen molar-refractivity contribution in [2.24, 2.45) is 0 Å². The van der Waals surface area contributed by atoms with Crippen LogP contribution in [0.1, 0.15) is 0 Å². The average Bonchev–Trinajstić information content (AvgIpc) is 2.76. The summed E-state index contributed by atoms with van der Waals surface area (Å²) in [6.45, 7) is 0. The van der Waals surface area contributed by atoms with Gasteiger partial charge in [-0.05, 0) is 36.0 Å². The molecule has 4 aromatic carbocycles. The van der Waals surface area contributed by atoms with Crippen molar-refractivity contribution in [3.8, 4) is 0 Å². The van der Waals surface area contributed by atoms with E-state index in [2.05, 4.69) is 104 Å². The van der Waals surface area contributed by atoms with Crippen molar-refractivity contribution in [1.29, 1.82) is 0 Å². The molecule has 178 valence electrons. The van der Waals surface area contributed by atoms with Gasteiger partial charge in [0.05, 0.1) is 0 Å². The molecule has 4 nitrogen and oxygen atoms in total. The first kappa shape index (κ1) is 36.3. The third-order valence-electron chi connectivity index (χ3n) is 3.80. The minimum Gasteiger partial charge on any atom is -0.0622 e. The fraction of sp³-hybridized carbons (Fsp3) is 0. The summed E-state index contributed by atoms with van der Waals surface area (Å²) >= 11 is -1.29. The molecule has 0 aliphatic heterocycles. The van der Waals surface area contributed by atoms with Crippen LogP contribution in [0.3, 0.4) is 0 Å². The first-order chi connectivity index (χ1) is 14.8. The maximum Gasteiger partial charge on any atom is -0.0134 e. The van der Waals surface area contributed by atoms with Crippen LogP contribution in [0.15, 0.2) is 126 Å². The Morgan fingerprint density at radius 3 is 0.912 bits per heavy atom. The molecular formula is C24H25Br2KMnO4PS. The van der Waals surface area contributed by atoms with Crippen LogP contribution in [0.2, 0.25) is 0 Å². The van der Waals surface area contributed by atoms with E-state index in [0.29, 0.717) is 0 Å². The molecule has 0 radical (unpaired) electrons. The molecule has 0 aliphatic carbocycles. The number of thiol groups is 1. The van der Waals surface area contributed by atoms with E-state index < -0.39 is 20.9 Å². The topological polar surface area (TPSA) is 71.4 Å². The molecule has 0 bridgehead atoms. The molecule has 0 amide bonds. The van der Waals surface area contributed by atoms with Gasteiger partial charge in [-0.2, -0.15) is 0 Å². The van der Waals surface area contributed by atoms with E-state index >= 15 is 0 Å². The van der Waals surface area contributed by atoms with E-state index in [4.69, 9.17) is 15.7 Å². The Labute approximate surface area is 272 Å². The van der Waals surface area contributed by atoms with Crippen molar-refractivity contribution in [1.82, 2.24) is 0 Å². The standard InChI is InChI=1S/C18H15P.C6H6S.2BrH.K.Mn.H2O.3O.H/c1-4-10-16(11-5-1)19(17-12-6-2-7-13-17)18-14-8-3-9-15-18;7-6-4-2-1-3-5-6;;;;;;;;;/h1-15H;1-5,7H;2*1H;;;1H2;;;;/q;;;;;+1;;;;;/p-1. The fourth-order valence-electron chi connectivity index (χ4n) is 2.61. The number of benzene rings is 4.